The van der Waals surface area contributed by atoms with Crippen molar-refractivity contribution in [2.75, 3.05) is 6.79 Å². The van der Waals surface area contributed by atoms with Crippen molar-refractivity contribution < 1.29 is 27.4 Å². The van der Waals surface area contributed by atoms with Crippen molar-refractivity contribution in [2.24, 2.45) is 0 Å². The quantitative estimate of drug-likeness (QED) is 0.518. The molecule has 162 valence electrons. The van der Waals surface area contributed by atoms with Gasteiger partial charge in [-0.1, -0.05) is 18.2 Å². The van der Waals surface area contributed by atoms with Crippen LogP contribution in [0.2, 0.25) is 0 Å². The van der Waals surface area contributed by atoms with Gasteiger partial charge in [0.1, 0.15) is 0 Å². The first-order valence-corrected chi connectivity index (χ1v) is 9.58. The zero-order chi connectivity index (χ0) is 22.3. The van der Waals surface area contributed by atoms with E-state index in [-0.39, 0.29) is 19.2 Å². The molecule has 2 aromatic heterocycles. The average molecular weight is 440 g/mol. The molecule has 3 heterocycles. The molecule has 0 spiro atoms. The first kappa shape index (κ1) is 19.9. The number of halogens is 3. The number of nitrogens with zero attached hydrogens (tertiary/aromatic N) is 3. The Morgan fingerprint density at radius 1 is 1.00 bits per heavy atom. The lowest BCUT2D eigenvalue weighted by molar-refractivity contribution is -0.137. The largest absolute Gasteiger partial charge is 0.454 e. The van der Waals surface area contributed by atoms with Crippen LogP contribution in [0, 0.1) is 0 Å². The monoisotopic (exact) mass is 440 g/mol. The highest BCUT2D eigenvalue weighted by Gasteiger charge is 2.30. The summed E-state index contributed by atoms with van der Waals surface area (Å²) in [5.41, 5.74) is 1.36. The van der Waals surface area contributed by atoms with E-state index >= 15 is 0 Å². The molecule has 10 heteroatoms. The summed E-state index contributed by atoms with van der Waals surface area (Å²) in [6, 6.07) is 13.3. The summed E-state index contributed by atoms with van der Waals surface area (Å²) >= 11 is 0. The van der Waals surface area contributed by atoms with Gasteiger partial charge in [0.2, 0.25) is 6.79 Å². The molecule has 0 aliphatic carbocycles. The molecule has 1 aliphatic heterocycles. The molecule has 5 rings (SSSR count). The molecule has 0 radical (unpaired) electrons. The maximum atomic E-state index is 12.8. The first-order valence-electron chi connectivity index (χ1n) is 9.58. The second-order valence-corrected chi connectivity index (χ2v) is 7.11. The van der Waals surface area contributed by atoms with Crippen LogP contribution >= 0.6 is 0 Å². The lowest BCUT2D eigenvalue weighted by Crippen LogP contribution is -2.23. The van der Waals surface area contributed by atoms with Gasteiger partial charge < -0.3 is 14.8 Å². The van der Waals surface area contributed by atoms with Gasteiger partial charge in [-0.25, -0.2) is 0 Å². The number of hydrogen-bond donors (Lipinski definition) is 1. The van der Waals surface area contributed by atoms with Gasteiger partial charge in [0, 0.05) is 18.3 Å². The van der Waals surface area contributed by atoms with E-state index in [0.29, 0.717) is 34.1 Å². The zero-order valence-electron chi connectivity index (χ0n) is 16.4. The number of fused-ring (bicyclic) bond motifs is 2. The Balaban J connectivity index is 1.36. The minimum absolute atomic E-state index is 0.172. The second kappa shape index (κ2) is 7.56. The van der Waals surface area contributed by atoms with Crippen LogP contribution in [0.1, 0.15) is 21.5 Å². The van der Waals surface area contributed by atoms with Gasteiger partial charge in [-0.2, -0.15) is 13.2 Å². The van der Waals surface area contributed by atoms with Gasteiger partial charge in [0.05, 0.1) is 11.1 Å². The Bertz CT molecular complexity index is 1320. The van der Waals surface area contributed by atoms with E-state index in [0.717, 1.165) is 17.7 Å². The summed E-state index contributed by atoms with van der Waals surface area (Å²) in [5.74, 6) is 1.30. The minimum Gasteiger partial charge on any atom is -0.454 e. The van der Waals surface area contributed by atoms with E-state index in [1.165, 1.54) is 12.1 Å². The van der Waals surface area contributed by atoms with Crippen molar-refractivity contribution in [2.45, 2.75) is 12.7 Å². The third-order valence-electron chi connectivity index (χ3n) is 5.02. The molecule has 7 nitrogen and oxygen atoms in total. The summed E-state index contributed by atoms with van der Waals surface area (Å²) in [5, 5.41) is 10.9. The van der Waals surface area contributed by atoms with Crippen LogP contribution in [-0.2, 0) is 12.7 Å². The minimum atomic E-state index is -4.42. The number of benzene rings is 2. The predicted octanol–water partition coefficient (Wildman–Crippen LogP) is 4.07. The third kappa shape index (κ3) is 3.70. The van der Waals surface area contributed by atoms with Crippen molar-refractivity contribution in [3.05, 3.63) is 77.5 Å². The van der Waals surface area contributed by atoms with Crippen molar-refractivity contribution in [1.82, 2.24) is 19.9 Å². The fraction of sp³-hybridized carbons (Fsp3) is 0.136. The SMILES string of the molecule is O=C(NCc1ccc2c(c1)OCO2)c1ccc2nnc(-c3ccc(C(F)(F)F)cc3)n2c1. The lowest BCUT2D eigenvalue weighted by Gasteiger charge is -2.08. The predicted molar refractivity (Wildman–Crippen MR) is 107 cm³/mol. The summed E-state index contributed by atoms with van der Waals surface area (Å²) in [6.45, 7) is 0.451. The van der Waals surface area contributed by atoms with Gasteiger partial charge >= 0.3 is 6.18 Å². The molecule has 0 saturated carbocycles. The zero-order valence-corrected chi connectivity index (χ0v) is 16.4. The first-order chi connectivity index (χ1) is 15.4. The van der Waals surface area contributed by atoms with Gasteiger partial charge in [-0.3, -0.25) is 9.20 Å². The molecular weight excluding hydrogens is 425 g/mol. The highest BCUT2D eigenvalue weighted by Crippen LogP contribution is 2.33. The lowest BCUT2D eigenvalue weighted by atomic mass is 10.1. The average Bonchev–Trinajstić information content (AvgIpc) is 3.43. The molecule has 2 aromatic carbocycles. The Morgan fingerprint density at radius 2 is 1.78 bits per heavy atom. The highest BCUT2D eigenvalue weighted by atomic mass is 19.4. The number of hydrogen-bond acceptors (Lipinski definition) is 5. The van der Waals surface area contributed by atoms with Crippen LogP contribution in [0.25, 0.3) is 17.0 Å². The number of aromatic nitrogens is 3. The molecule has 4 aromatic rings. The number of rotatable bonds is 4. The van der Waals surface area contributed by atoms with E-state index in [1.54, 1.807) is 34.9 Å². The number of ether oxygens (including phenoxy) is 2. The summed E-state index contributed by atoms with van der Waals surface area (Å²) in [4.78, 5) is 12.7. The standard InChI is InChI=1S/C22H15F3N4O3/c23-22(24,25)16-5-2-14(3-6-16)20-28-27-19-8-4-15(11-29(19)20)21(30)26-10-13-1-7-17-18(9-13)32-12-31-17/h1-9,11H,10,12H2,(H,26,30). The van der Waals surface area contributed by atoms with Gasteiger partial charge in [-0.05, 0) is 42.0 Å². The Hall–Kier alpha value is -4.08. The van der Waals surface area contributed by atoms with E-state index in [9.17, 15) is 18.0 Å². The summed E-state index contributed by atoms with van der Waals surface area (Å²) in [6.07, 6.45) is -2.87. The molecule has 1 aliphatic rings. The van der Waals surface area contributed by atoms with Gasteiger partial charge in [0.25, 0.3) is 5.91 Å². The number of carbonyl (C=O) groups is 1. The Morgan fingerprint density at radius 3 is 2.56 bits per heavy atom. The molecular formula is C22H15F3N4O3. The van der Waals surface area contributed by atoms with Crippen LogP contribution in [0.4, 0.5) is 13.2 Å². The Kier molecular flexibility index (Phi) is 4.69. The molecule has 0 unspecified atom stereocenters. The smallest absolute Gasteiger partial charge is 0.416 e. The molecule has 0 bridgehead atoms. The fourth-order valence-corrected chi connectivity index (χ4v) is 3.37. The Labute approximate surface area is 179 Å². The van der Waals surface area contributed by atoms with Crippen molar-refractivity contribution in [3.8, 4) is 22.9 Å². The van der Waals surface area contributed by atoms with E-state index < -0.39 is 11.7 Å². The van der Waals surface area contributed by atoms with Crippen LogP contribution in [0.3, 0.4) is 0 Å². The van der Waals surface area contributed by atoms with Crippen molar-refractivity contribution >= 4 is 11.6 Å². The van der Waals surface area contributed by atoms with Crippen LogP contribution < -0.4 is 14.8 Å². The molecule has 0 fully saturated rings. The molecule has 32 heavy (non-hydrogen) atoms. The summed E-state index contributed by atoms with van der Waals surface area (Å²) in [7, 11) is 0. The van der Waals surface area contributed by atoms with Gasteiger partial charge in [-0.15, -0.1) is 10.2 Å². The molecule has 0 saturated heterocycles. The molecule has 1 amide bonds. The maximum Gasteiger partial charge on any atom is 0.416 e. The van der Waals surface area contributed by atoms with E-state index in [4.69, 9.17) is 9.47 Å². The molecule has 0 atom stereocenters. The normalized spacial score (nSPS) is 12.8. The van der Waals surface area contributed by atoms with Crippen LogP contribution in [-0.4, -0.2) is 27.3 Å². The number of amides is 1. The summed E-state index contributed by atoms with van der Waals surface area (Å²) < 4.78 is 50.7. The number of pyridine rings is 1. The van der Waals surface area contributed by atoms with Crippen LogP contribution in [0.5, 0.6) is 11.5 Å². The van der Waals surface area contributed by atoms with E-state index in [2.05, 4.69) is 15.5 Å². The third-order valence-corrected chi connectivity index (χ3v) is 5.02. The number of alkyl halides is 3. The van der Waals surface area contributed by atoms with Gasteiger partial charge in [0.15, 0.2) is 23.0 Å². The fourth-order valence-electron chi connectivity index (χ4n) is 3.37. The molecule has 1 N–H and O–H groups in total. The maximum absolute atomic E-state index is 12.8. The number of carbonyl (C=O) groups excluding carboxylic acids is 1. The highest BCUT2D eigenvalue weighted by molar-refractivity contribution is 5.94. The second-order valence-electron chi connectivity index (χ2n) is 7.11. The van der Waals surface area contributed by atoms with Crippen molar-refractivity contribution in [1.29, 1.82) is 0 Å². The topological polar surface area (TPSA) is 77.8 Å². The van der Waals surface area contributed by atoms with E-state index in [1.807, 2.05) is 6.07 Å². The van der Waals surface area contributed by atoms with Crippen LogP contribution in [0.15, 0.2) is 60.8 Å². The van der Waals surface area contributed by atoms with Crippen molar-refractivity contribution in [3.63, 3.8) is 0 Å². The number of nitrogens with one attached hydrogen (secondary N) is 1.